The number of fused-ring (bicyclic) bond motifs is 1. The first-order valence-electron chi connectivity index (χ1n) is 6.54. The SMILES string of the molecule is C=Cc1c(C)c(C=O)cc2c(-c3ccccc3)ccn12. The molecule has 2 heterocycles. The third kappa shape index (κ3) is 1.77. The molecule has 3 aromatic rings. The van der Waals surface area contributed by atoms with Gasteiger partial charge in [-0.3, -0.25) is 4.79 Å². The molecule has 0 saturated heterocycles. The number of rotatable bonds is 3. The summed E-state index contributed by atoms with van der Waals surface area (Å²) in [7, 11) is 0. The van der Waals surface area contributed by atoms with Crippen molar-refractivity contribution in [2.75, 3.05) is 0 Å². The van der Waals surface area contributed by atoms with Gasteiger partial charge in [-0.25, -0.2) is 0 Å². The van der Waals surface area contributed by atoms with Crippen molar-refractivity contribution in [3.63, 3.8) is 0 Å². The second kappa shape index (κ2) is 4.82. The van der Waals surface area contributed by atoms with E-state index in [1.54, 1.807) is 6.08 Å². The standard InChI is InChI=1S/C18H15NO/c1-3-17-13(2)15(12-20)11-18-16(9-10-19(17)18)14-7-5-4-6-8-14/h3-12H,1H2,2H3. The van der Waals surface area contributed by atoms with Gasteiger partial charge in [-0.1, -0.05) is 36.9 Å². The van der Waals surface area contributed by atoms with Crippen molar-refractivity contribution >= 4 is 17.9 Å². The number of carbonyl (C=O) groups is 1. The van der Waals surface area contributed by atoms with E-state index < -0.39 is 0 Å². The second-order valence-electron chi connectivity index (χ2n) is 4.78. The quantitative estimate of drug-likeness (QED) is 0.641. The lowest BCUT2D eigenvalue weighted by Gasteiger charge is -2.10. The first-order chi connectivity index (χ1) is 9.76. The molecule has 98 valence electrons. The van der Waals surface area contributed by atoms with E-state index in [9.17, 15) is 4.79 Å². The maximum absolute atomic E-state index is 11.3. The van der Waals surface area contributed by atoms with Crippen molar-refractivity contribution in [2.24, 2.45) is 0 Å². The highest BCUT2D eigenvalue weighted by Gasteiger charge is 2.11. The van der Waals surface area contributed by atoms with E-state index >= 15 is 0 Å². The molecular weight excluding hydrogens is 246 g/mol. The van der Waals surface area contributed by atoms with Crippen molar-refractivity contribution < 1.29 is 4.79 Å². The number of pyridine rings is 1. The normalized spacial score (nSPS) is 10.7. The Balaban J connectivity index is 2.38. The third-order valence-electron chi connectivity index (χ3n) is 3.70. The molecule has 0 atom stereocenters. The van der Waals surface area contributed by atoms with Crippen molar-refractivity contribution in [3.8, 4) is 11.1 Å². The molecule has 0 radical (unpaired) electrons. The van der Waals surface area contributed by atoms with E-state index in [-0.39, 0.29) is 0 Å². The van der Waals surface area contributed by atoms with Crippen LogP contribution in [0.5, 0.6) is 0 Å². The molecule has 3 rings (SSSR count). The molecule has 0 spiro atoms. The Hall–Kier alpha value is -2.61. The highest BCUT2D eigenvalue weighted by molar-refractivity contribution is 5.88. The first kappa shape index (κ1) is 12.4. The largest absolute Gasteiger partial charge is 0.316 e. The lowest BCUT2D eigenvalue weighted by atomic mass is 10.0. The minimum Gasteiger partial charge on any atom is -0.316 e. The van der Waals surface area contributed by atoms with Crippen LogP contribution in [0.15, 0.2) is 55.2 Å². The van der Waals surface area contributed by atoms with Gasteiger partial charge in [0.1, 0.15) is 6.29 Å². The van der Waals surface area contributed by atoms with Crippen molar-refractivity contribution in [1.82, 2.24) is 4.40 Å². The van der Waals surface area contributed by atoms with Crippen LogP contribution in [0.3, 0.4) is 0 Å². The smallest absolute Gasteiger partial charge is 0.150 e. The summed E-state index contributed by atoms with van der Waals surface area (Å²) in [6, 6.07) is 14.2. The molecule has 2 heteroatoms. The maximum Gasteiger partial charge on any atom is 0.150 e. The molecule has 0 bridgehead atoms. The summed E-state index contributed by atoms with van der Waals surface area (Å²) in [6.45, 7) is 5.81. The minimum absolute atomic E-state index is 0.711. The highest BCUT2D eigenvalue weighted by Crippen LogP contribution is 2.29. The summed E-state index contributed by atoms with van der Waals surface area (Å²) in [5, 5.41) is 0. The van der Waals surface area contributed by atoms with Gasteiger partial charge in [-0.05, 0) is 36.3 Å². The van der Waals surface area contributed by atoms with E-state index in [1.165, 1.54) is 0 Å². The van der Waals surface area contributed by atoms with Crippen LogP contribution in [0.25, 0.3) is 22.7 Å². The zero-order chi connectivity index (χ0) is 14.1. The van der Waals surface area contributed by atoms with E-state index in [0.717, 1.165) is 34.2 Å². The fourth-order valence-electron chi connectivity index (χ4n) is 2.62. The highest BCUT2D eigenvalue weighted by atomic mass is 16.1. The summed E-state index contributed by atoms with van der Waals surface area (Å²) in [5.41, 5.74) is 5.93. The maximum atomic E-state index is 11.3. The van der Waals surface area contributed by atoms with Crippen molar-refractivity contribution in [3.05, 3.63) is 72.1 Å². The number of aromatic nitrogens is 1. The molecule has 0 fully saturated rings. The summed E-state index contributed by atoms with van der Waals surface area (Å²) < 4.78 is 2.08. The topological polar surface area (TPSA) is 21.5 Å². The average Bonchev–Trinajstić information content (AvgIpc) is 2.91. The zero-order valence-electron chi connectivity index (χ0n) is 11.3. The summed E-state index contributed by atoms with van der Waals surface area (Å²) >= 11 is 0. The van der Waals surface area contributed by atoms with Gasteiger partial charge in [-0.2, -0.15) is 0 Å². The Morgan fingerprint density at radius 3 is 2.55 bits per heavy atom. The number of hydrogen-bond acceptors (Lipinski definition) is 1. The number of hydrogen-bond donors (Lipinski definition) is 0. The Labute approximate surface area is 118 Å². The van der Waals surface area contributed by atoms with Gasteiger partial charge in [0.05, 0.1) is 5.52 Å². The van der Waals surface area contributed by atoms with E-state index in [1.807, 2.05) is 37.4 Å². The van der Waals surface area contributed by atoms with Crippen molar-refractivity contribution in [1.29, 1.82) is 0 Å². The number of carbonyl (C=O) groups excluding carboxylic acids is 1. The van der Waals surface area contributed by atoms with E-state index in [2.05, 4.69) is 29.2 Å². The molecule has 2 nitrogen and oxygen atoms in total. The molecule has 2 aromatic heterocycles. The van der Waals surface area contributed by atoms with E-state index in [4.69, 9.17) is 0 Å². The molecule has 1 aromatic carbocycles. The molecule has 20 heavy (non-hydrogen) atoms. The van der Waals surface area contributed by atoms with Gasteiger partial charge in [0.25, 0.3) is 0 Å². The monoisotopic (exact) mass is 261 g/mol. The van der Waals surface area contributed by atoms with E-state index in [0.29, 0.717) is 5.56 Å². The fourth-order valence-corrected chi connectivity index (χ4v) is 2.62. The van der Waals surface area contributed by atoms with Gasteiger partial charge in [0.15, 0.2) is 0 Å². The van der Waals surface area contributed by atoms with Crippen LogP contribution in [0.2, 0.25) is 0 Å². The minimum atomic E-state index is 0.711. The van der Waals surface area contributed by atoms with Crippen LogP contribution < -0.4 is 0 Å². The molecule has 0 aliphatic carbocycles. The first-order valence-corrected chi connectivity index (χ1v) is 6.54. The Bertz CT molecular complexity index is 797. The predicted molar refractivity (Wildman–Crippen MR) is 83.0 cm³/mol. The van der Waals surface area contributed by atoms with Gasteiger partial charge in [0.2, 0.25) is 0 Å². The number of aldehydes is 1. The molecular formula is C18H15NO. The lowest BCUT2D eigenvalue weighted by molar-refractivity contribution is 0.112. The fraction of sp³-hybridized carbons (Fsp3) is 0.0556. The van der Waals surface area contributed by atoms with Crippen LogP contribution in [-0.2, 0) is 0 Å². The summed E-state index contributed by atoms with van der Waals surface area (Å²) in [4.78, 5) is 11.3. The lowest BCUT2D eigenvalue weighted by Crippen LogP contribution is -1.98. The van der Waals surface area contributed by atoms with Gasteiger partial charge >= 0.3 is 0 Å². The van der Waals surface area contributed by atoms with Gasteiger partial charge in [-0.15, -0.1) is 0 Å². The van der Waals surface area contributed by atoms with Gasteiger partial charge in [0, 0.05) is 23.0 Å². The predicted octanol–water partition coefficient (Wildman–Crippen LogP) is 4.37. The third-order valence-corrected chi connectivity index (χ3v) is 3.70. The molecule has 0 aliphatic heterocycles. The molecule has 0 aliphatic rings. The van der Waals surface area contributed by atoms with Crippen molar-refractivity contribution in [2.45, 2.75) is 6.92 Å². The number of nitrogens with zero attached hydrogens (tertiary/aromatic N) is 1. The average molecular weight is 261 g/mol. The van der Waals surface area contributed by atoms with Crippen LogP contribution in [-0.4, -0.2) is 10.7 Å². The molecule has 0 N–H and O–H groups in total. The van der Waals surface area contributed by atoms with Crippen LogP contribution in [0, 0.1) is 6.92 Å². The number of benzene rings is 1. The molecule has 0 saturated carbocycles. The Morgan fingerprint density at radius 1 is 1.15 bits per heavy atom. The van der Waals surface area contributed by atoms with Crippen LogP contribution >= 0.6 is 0 Å². The van der Waals surface area contributed by atoms with Gasteiger partial charge < -0.3 is 4.40 Å². The van der Waals surface area contributed by atoms with Crippen LogP contribution in [0.4, 0.5) is 0 Å². The molecule has 0 amide bonds. The Morgan fingerprint density at radius 2 is 1.90 bits per heavy atom. The Kier molecular flexibility index (Phi) is 2.99. The zero-order valence-corrected chi connectivity index (χ0v) is 11.3. The van der Waals surface area contributed by atoms with Crippen LogP contribution in [0.1, 0.15) is 21.6 Å². The second-order valence-corrected chi connectivity index (χ2v) is 4.78. The summed E-state index contributed by atoms with van der Waals surface area (Å²) in [5.74, 6) is 0. The molecule has 0 unspecified atom stereocenters. The summed E-state index contributed by atoms with van der Waals surface area (Å²) in [6.07, 6.45) is 4.73.